The number of rotatable bonds is 4. The highest BCUT2D eigenvalue weighted by molar-refractivity contribution is 5.92. The third-order valence-corrected chi connectivity index (χ3v) is 4.79. The largest absolute Gasteiger partial charge is 0.426 e. The van der Waals surface area contributed by atoms with E-state index in [9.17, 15) is 23.7 Å². The quantitative estimate of drug-likeness (QED) is 0.271. The fourth-order valence-corrected chi connectivity index (χ4v) is 3.17. The number of carbonyl (C=O) groups excluding carboxylic acids is 1. The topological polar surface area (TPSA) is 87.2 Å². The summed E-state index contributed by atoms with van der Waals surface area (Å²) in [6.07, 6.45) is -0.0480. The molecule has 3 aromatic carbocycles. The van der Waals surface area contributed by atoms with Crippen LogP contribution in [0.15, 0.2) is 60.7 Å². The zero-order chi connectivity index (χ0) is 23.5. The van der Waals surface area contributed by atoms with Crippen molar-refractivity contribution in [2.45, 2.75) is 6.42 Å². The number of fused-ring (bicyclic) bond motifs is 1. The Bertz CT molecular complexity index is 1430. The van der Waals surface area contributed by atoms with E-state index in [-0.39, 0.29) is 40.7 Å². The molecule has 0 spiro atoms. The highest BCUT2D eigenvalue weighted by atomic mass is 19.1. The number of benzene rings is 3. The summed E-state index contributed by atoms with van der Waals surface area (Å²) in [7, 11) is 1.16. The summed E-state index contributed by atoms with van der Waals surface area (Å²) in [5.41, 5.74) is 1.78. The van der Waals surface area contributed by atoms with Crippen molar-refractivity contribution in [2.24, 2.45) is 0 Å². The van der Waals surface area contributed by atoms with Crippen LogP contribution in [0.1, 0.15) is 12.0 Å². The van der Waals surface area contributed by atoms with Gasteiger partial charge in [-0.3, -0.25) is 4.79 Å². The molecule has 0 saturated carbocycles. The Hall–Kier alpha value is -4.58. The van der Waals surface area contributed by atoms with Gasteiger partial charge < -0.3 is 10.5 Å². The average Bonchev–Trinajstić information content (AvgIpc) is 3.10. The lowest BCUT2D eigenvalue weighted by Crippen LogP contribution is -2.10. The maximum atomic E-state index is 14.1. The Labute approximate surface area is 186 Å². The van der Waals surface area contributed by atoms with Crippen LogP contribution < -0.4 is 5.32 Å². The Balaban J connectivity index is 1.47. The van der Waals surface area contributed by atoms with Gasteiger partial charge in [0.25, 0.3) is 5.69 Å². The Morgan fingerprint density at radius 3 is 2.48 bits per heavy atom. The van der Waals surface area contributed by atoms with E-state index < -0.39 is 5.82 Å². The van der Waals surface area contributed by atoms with Gasteiger partial charge in [0.1, 0.15) is 11.3 Å². The van der Waals surface area contributed by atoms with Crippen LogP contribution in [0.4, 0.5) is 20.2 Å². The maximum Gasteiger partial charge on any atom is 0.293 e. The van der Waals surface area contributed by atoms with E-state index in [1.54, 1.807) is 24.3 Å². The summed E-state index contributed by atoms with van der Waals surface area (Å²) < 4.78 is 28.1. The number of imidazole rings is 1. The van der Waals surface area contributed by atoms with Gasteiger partial charge in [-0.05, 0) is 48.5 Å². The summed E-state index contributed by atoms with van der Waals surface area (Å²) >= 11 is 0. The molecule has 164 valence electrons. The summed E-state index contributed by atoms with van der Waals surface area (Å²) in [6, 6.07) is 14.5. The lowest BCUT2D eigenvalue weighted by Gasteiger charge is -2.05. The van der Waals surface area contributed by atoms with Gasteiger partial charge in [-0.15, -0.1) is 0 Å². The number of hydrogen-bond donors (Lipinski definition) is 2. The van der Waals surface area contributed by atoms with Crippen LogP contribution in [0.2, 0.25) is 0 Å². The molecule has 2 N–H and O–H groups in total. The molecule has 1 aromatic heterocycles. The Morgan fingerprint density at radius 1 is 1.12 bits per heavy atom. The zero-order valence-corrected chi connectivity index (χ0v) is 17.3. The molecule has 9 heteroatoms. The van der Waals surface area contributed by atoms with E-state index in [1.165, 1.54) is 30.3 Å². The van der Waals surface area contributed by atoms with Gasteiger partial charge in [-0.2, -0.15) is 9.12 Å². The molecular weight excluding hydrogens is 430 g/mol. The van der Waals surface area contributed by atoms with Crippen molar-refractivity contribution >= 4 is 28.3 Å². The number of halogens is 2. The van der Waals surface area contributed by atoms with E-state index in [0.29, 0.717) is 21.6 Å². The van der Waals surface area contributed by atoms with Gasteiger partial charge in [-0.25, -0.2) is 9.37 Å². The minimum atomic E-state index is -0.745. The van der Waals surface area contributed by atoms with Crippen LogP contribution in [-0.4, -0.2) is 32.6 Å². The van der Waals surface area contributed by atoms with E-state index in [1.807, 2.05) is 0 Å². The predicted octanol–water partition coefficient (Wildman–Crippen LogP) is 4.64. The summed E-state index contributed by atoms with van der Waals surface area (Å²) in [5, 5.41) is 13.2. The van der Waals surface area contributed by atoms with Gasteiger partial charge in [0, 0.05) is 38.6 Å². The second-order valence-corrected chi connectivity index (χ2v) is 7.15. The van der Waals surface area contributed by atoms with Crippen molar-refractivity contribution in [3.05, 3.63) is 82.8 Å². The third-order valence-electron chi connectivity index (χ3n) is 4.79. The molecule has 1 amide bonds. The zero-order valence-electron chi connectivity index (χ0n) is 17.3. The van der Waals surface area contributed by atoms with Crippen molar-refractivity contribution in [3.63, 3.8) is 0 Å². The molecule has 0 radical (unpaired) electrons. The molecule has 33 heavy (non-hydrogen) atoms. The molecule has 1 heterocycles. The monoisotopic (exact) mass is 447 g/mol. The minimum Gasteiger partial charge on any atom is -0.426 e. The summed E-state index contributed by atoms with van der Waals surface area (Å²) in [4.78, 5) is 27.8. The fraction of sp³-hybridized carbons (Fsp3) is 0.0833. The van der Waals surface area contributed by atoms with Crippen molar-refractivity contribution in [3.8, 4) is 23.2 Å². The first-order valence-corrected chi connectivity index (χ1v) is 9.78. The molecule has 0 fully saturated rings. The summed E-state index contributed by atoms with van der Waals surface area (Å²) in [5.74, 6) is 4.25. The predicted molar refractivity (Wildman–Crippen MR) is 118 cm³/mol. The van der Waals surface area contributed by atoms with Crippen LogP contribution in [0.25, 0.3) is 22.4 Å². The second-order valence-electron chi connectivity index (χ2n) is 7.15. The van der Waals surface area contributed by atoms with Crippen LogP contribution in [-0.2, 0) is 4.79 Å². The number of anilines is 1. The van der Waals surface area contributed by atoms with Crippen molar-refractivity contribution in [1.82, 2.24) is 9.71 Å². The SMILES string of the molecule is C[N+](=O)c1cc2c(cc1F)nc(-c1ccc(NC(=O)CC#Cc3ccc(F)cc3)cc1)n2O. The smallest absolute Gasteiger partial charge is 0.293 e. The Morgan fingerprint density at radius 2 is 1.82 bits per heavy atom. The first-order chi connectivity index (χ1) is 15.8. The third kappa shape index (κ3) is 4.70. The number of hydrogen-bond acceptors (Lipinski definition) is 4. The van der Waals surface area contributed by atoms with Gasteiger partial charge in [0.2, 0.25) is 11.7 Å². The fourth-order valence-electron chi connectivity index (χ4n) is 3.17. The number of carbonyl (C=O) groups is 1. The highest BCUT2D eigenvalue weighted by Crippen LogP contribution is 2.29. The molecule has 0 unspecified atom stereocenters. The molecule has 0 saturated heterocycles. The van der Waals surface area contributed by atoms with Crippen LogP contribution in [0.5, 0.6) is 0 Å². The standard InChI is InChI=1S/C24H16F2N4O3/c1-29(32)21-14-22-20(13-19(21)26)28-24(30(22)33)16-7-11-18(12-8-16)27-23(31)4-2-3-15-5-9-17(25)10-6-15/h5-14H,4H2,1H3,(H-,27,28,31,32,33)/p+1. The lowest BCUT2D eigenvalue weighted by molar-refractivity contribution is -0.430. The second kappa shape index (κ2) is 8.88. The first kappa shape index (κ1) is 21.6. The summed E-state index contributed by atoms with van der Waals surface area (Å²) in [6.45, 7) is 0. The highest BCUT2D eigenvalue weighted by Gasteiger charge is 2.21. The maximum absolute atomic E-state index is 14.1. The molecular formula is C24H17F2N4O3+. The number of nitrogens with zero attached hydrogens (tertiary/aromatic N) is 3. The van der Waals surface area contributed by atoms with Gasteiger partial charge in [-0.1, -0.05) is 11.8 Å². The number of amides is 1. The van der Waals surface area contributed by atoms with Crippen LogP contribution >= 0.6 is 0 Å². The van der Waals surface area contributed by atoms with Crippen LogP contribution in [0.3, 0.4) is 0 Å². The molecule has 0 bridgehead atoms. The number of aromatic nitrogens is 2. The van der Waals surface area contributed by atoms with Crippen molar-refractivity contribution in [1.29, 1.82) is 0 Å². The van der Waals surface area contributed by atoms with E-state index in [0.717, 1.165) is 17.8 Å². The molecule has 0 atom stereocenters. The van der Waals surface area contributed by atoms with Gasteiger partial charge in [0.15, 0.2) is 12.9 Å². The molecule has 0 aliphatic carbocycles. The average molecular weight is 447 g/mol. The van der Waals surface area contributed by atoms with E-state index in [2.05, 4.69) is 22.1 Å². The van der Waals surface area contributed by atoms with Crippen molar-refractivity contribution in [2.75, 3.05) is 12.4 Å². The number of nitrogens with one attached hydrogen (secondary N) is 1. The molecule has 4 rings (SSSR count). The van der Waals surface area contributed by atoms with Gasteiger partial charge in [0.05, 0.1) is 11.9 Å². The normalized spacial score (nSPS) is 10.5. The van der Waals surface area contributed by atoms with Gasteiger partial charge >= 0.3 is 0 Å². The van der Waals surface area contributed by atoms with E-state index in [4.69, 9.17) is 0 Å². The molecule has 7 nitrogen and oxygen atoms in total. The lowest BCUT2D eigenvalue weighted by atomic mass is 10.2. The Kier molecular flexibility index (Phi) is 5.83. The molecule has 0 aliphatic heterocycles. The van der Waals surface area contributed by atoms with Crippen LogP contribution in [0, 0.1) is 28.4 Å². The first-order valence-electron chi connectivity index (χ1n) is 9.78. The number of nitroso groups, excluding NO2 is 1. The van der Waals surface area contributed by atoms with E-state index >= 15 is 0 Å². The molecule has 0 aliphatic rings. The minimum absolute atomic E-state index is 0.0480. The molecule has 4 aromatic rings. The van der Waals surface area contributed by atoms with Crippen molar-refractivity contribution < 1.29 is 23.5 Å².